The zero-order chi connectivity index (χ0) is 17.5. The Bertz CT molecular complexity index is 767. The van der Waals surface area contributed by atoms with Gasteiger partial charge in [-0.3, -0.25) is 14.9 Å². The molecule has 1 N–H and O–H groups in total. The van der Waals surface area contributed by atoms with Gasteiger partial charge in [-0.25, -0.2) is 0 Å². The molecule has 2 aromatic carbocycles. The zero-order valence-corrected chi connectivity index (χ0v) is 13.5. The predicted molar refractivity (Wildman–Crippen MR) is 93.1 cm³/mol. The van der Waals surface area contributed by atoms with E-state index in [0.29, 0.717) is 17.9 Å². The molecule has 6 nitrogen and oxygen atoms in total. The summed E-state index contributed by atoms with van der Waals surface area (Å²) in [5, 5.41) is 13.6. The van der Waals surface area contributed by atoms with Crippen LogP contribution in [0.1, 0.15) is 18.1 Å². The van der Waals surface area contributed by atoms with Gasteiger partial charge >= 0.3 is 0 Å². The molecule has 0 saturated carbocycles. The highest BCUT2D eigenvalue weighted by Gasteiger charge is 2.13. The molecule has 0 heterocycles. The number of benzene rings is 2. The van der Waals surface area contributed by atoms with E-state index in [9.17, 15) is 14.9 Å². The molecule has 0 radical (unpaired) electrons. The molecule has 1 amide bonds. The van der Waals surface area contributed by atoms with Crippen LogP contribution < -0.4 is 10.1 Å². The number of anilines is 1. The highest BCUT2D eigenvalue weighted by molar-refractivity contribution is 6.02. The van der Waals surface area contributed by atoms with Crippen LogP contribution in [-0.4, -0.2) is 17.4 Å². The van der Waals surface area contributed by atoms with E-state index >= 15 is 0 Å². The van der Waals surface area contributed by atoms with Gasteiger partial charge in [0.05, 0.1) is 22.8 Å². The lowest BCUT2D eigenvalue weighted by Gasteiger charge is -2.06. The smallest absolute Gasteiger partial charge is 0.274 e. The van der Waals surface area contributed by atoms with Crippen LogP contribution in [0, 0.1) is 17.0 Å². The highest BCUT2D eigenvalue weighted by atomic mass is 16.6. The summed E-state index contributed by atoms with van der Waals surface area (Å²) in [7, 11) is 0. The number of ether oxygens (including phenoxy) is 1. The minimum Gasteiger partial charge on any atom is -0.494 e. The normalized spacial score (nSPS) is 10.6. The van der Waals surface area contributed by atoms with Crippen LogP contribution in [-0.2, 0) is 4.79 Å². The summed E-state index contributed by atoms with van der Waals surface area (Å²) < 4.78 is 5.35. The first-order chi connectivity index (χ1) is 11.5. The Labute approximate surface area is 139 Å². The molecule has 0 aliphatic heterocycles. The summed E-state index contributed by atoms with van der Waals surface area (Å²) in [6.07, 6.45) is 3.05. The quantitative estimate of drug-likeness (QED) is 0.495. The number of carbonyl (C=O) groups excluding carboxylic acids is 1. The molecule has 0 spiro atoms. The Morgan fingerprint density at radius 1 is 1.25 bits per heavy atom. The number of hydrogen-bond donors (Lipinski definition) is 1. The first-order valence-corrected chi connectivity index (χ1v) is 7.47. The van der Waals surface area contributed by atoms with Gasteiger partial charge in [-0.15, -0.1) is 0 Å². The molecule has 0 aliphatic carbocycles. The van der Waals surface area contributed by atoms with Gasteiger partial charge in [0.15, 0.2) is 0 Å². The Morgan fingerprint density at radius 2 is 1.96 bits per heavy atom. The van der Waals surface area contributed by atoms with Crippen molar-refractivity contribution in [1.82, 2.24) is 0 Å². The van der Waals surface area contributed by atoms with E-state index in [2.05, 4.69) is 5.32 Å². The third-order valence-corrected chi connectivity index (χ3v) is 3.38. The standard InChI is InChI=1S/C18H18N2O4/c1-3-24-15-10-7-14(8-11-15)9-12-18(21)19-16-5-4-6-17(13(16)2)20(22)23/h4-12H,3H2,1-2H3,(H,19,21)/b12-9+. The van der Waals surface area contributed by atoms with E-state index in [1.807, 2.05) is 31.2 Å². The van der Waals surface area contributed by atoms with Crippen LogP contribution in [0.3, 0.4) is 0 Å². The van der Waals surface area contributed by atoms with E-state index in [1.54, 1.807) is 19.1 Å². The Hall–Kier alpha value is -3.15. The molecule has 0 aliphatic rings. The molecule has 2 aromatic rings. The molecule has 0 unspecified atom stereocenters. The maximum Gasteiger partial charge on any atom is 0.274 e. The second-order valence-electron chi connectivity index (χ2n) is 5.03. The van der Waals surface area contributed by atoms with Gasteiger partial charge in [0.2, 0.25) is 5.91 Å². The van der Waals surface area contributed by atoms with Crippen molar-refractivity contribution in [1.29, 1.82) is 0 Å². The largest absolute Gasteiger partial charge is 0.494 e. The summed E-state index contributed by atoms with van der Waals surface area (Å²) in [5.74, 6) is 0.416. The number of nitrogens with zero attached hydrogens (tertiary/aromatic N) is 1. The molecule has 0 saturated heterocycles. The van der Waals surface area contributed by atoms with Crippen molar-refractivity contribution >= 4 is 23.4 Å². The second kappa shape index (κ2) is 7.92. The number of carbonyl (C=O) groups is 1. The number of amides is 1. The highest BCUT2D eigenvalue weighted by Crippen LogP contribution is 2.25. The van der Waals surface area contributed by atoms with Crippen molar-refractivity contribution in [3.05, 3.63) is 69.8 Å². The van der Waals surface area contributed by atoms with Crippen LogP contribution in [0.2, 0.25) is 0 Å². The van der Waals surface area contributed by atoms with Crippen LogP contribution in [0.5, 0.6) is 5.75 Å². The lowest BCUT2D eigenvalue weighted by atomic mass is 10.1. The number of rotatable bonds is 6. The first-order valence-electron chi connectivity index (χ1n) is 7.47. The maximum absolute atomic E-state index is 12.0. The summed E-state index contributed by atoms with van der Waals surface area (Å²) in [5.41, 5.74) is 1.67. The minimum absolute atomic E-state index is 0.0247. The van der Waals surface area contributed by atoms with Crippen LogP contribution in [0.15, 0.2) is 48.5 Å². The van der Waals surface area contributed by atoms with Gasteiger partial charge in [-0.1, -0.05) is 18.2 Å². The first kappa shape index (κ1) is 17.2. The molecule has 24 heavy (non-hydrogen) atoms. The summed E-state index contributed by atoms with van der Waals surface area (Å²) >= 11 is 0. The van der Waals surface area contributed by atoms with Crippen LogP contribution in [0.4, 0.5) is 11.4 Å². The van der Waals surface area contributed by atoms with Crippen molar-refractivity contribution in [3.8, 4) is 5.75 Å². The fourth-order valence-corrected chi connectivity index (χ4v) is 2.14. The molecule has 0 fully saturated rings. The number of hydrogen-bond acceptors (Lipinski definition) is 4. The summed E-state index contributed by atoms with van der Waals surface area (Å²) in [6, 6.07) is 11.9. The predicted octanol–water partition coefficient (Wildman–Crippen LogP) is 3.95. The van der Waals surface area contributed by atoms with Crippen LogP contribution >= 0.6 is 0 Å². The maximum atomic E-state index is 12.0. The number of nitro benzene ring substituents is 1. The zero-order valence-electron chi connectivity index (χ0n) is 13.5. The molecule has 0 bridgehead atoms. The van der Waals surface area contributed by atoms with Crippen molar-refractivity contribution < 1.29 is 14.5 Å². The fourth-order valence-electron chi connectivity index (χ4n) is 2.14. The molecule has 0 atom stereocenters. The van der Waals surface area contributed by atoms with E-state index in [-0.39, 0.29) is 11.6 Å². The van der Waals surface area contributed by atoms with Gasteiger partial charge in [0.1, 0.15) is 5.75 Å². The van der Waals surface area contributed by atoms with E-state index < -0.39 is 4.92 Å². The number of nitrogens with one attached hydrogen (secondary N) is 1. The fraction of sp³-hybridized carbons (Fsp3) is 0.167. The van der Waals surface area contributed by atoms with Crippen LogP contribution in [0.25, 0.3) is 6.08 Å². The lowest BCUT2D eigenvalue weighted by Crippen LogP contribution is -2.09. The average Bonchev–Trinajstić information content (AvgIpc) is 2.56. The van der Waals surface area contributed by atoms with Crippen molar-refractivity contribution in [2.45, 2.75) is 13.8 Å². The Balaban J connectivity index is 2.05. The topological polar surface area (TPSA) is 81.5 Å². The average molecular weight is 326 g/mol. The minimum atomic E-state index is -0.471. The van der Waals surface area contributed by atoms with Gasteiger partial charge in [0.25, 0.3) is 5.69 Å². The Morgan fingerprint density at radius 3 is 2.58 bits per heavy atom. The van der Waals surface area contributed by atoms with Crippen molar-refractivity contribution in [2.24, 2.45) is 0 Å². The summed E-state index contributed by atoms with van der Waals surface area (Å²) in [6.45, 7) is 4.11. The molecule has 2 rings (SSSR count). The monoisotopic (exact) mass is 326 g/mol. The molecule has 6 heteroatoms. The van der Waals surface area contributed by atoms with E-state index in [0.717, 1.165) is 11.3 Å². The van der Waals surface area contributed by atoms with E-state index in [4.69, 9.17) is 4.74 Å². The molecular weight excluding hydrogens is 308 g/mol. The molecule has 124 valence electrons. The number of nitro groups is 1. The lowest BCUT2D eigenvalue weighted by molar-refractivity contribution is -0.385. The van der Waals surface area contributed by atoms with Crippen molar-refractivity contribution in [2.75, 3.05) is 11.9 Å². The van der Waals surface area contributed by atoms with Gasteiger partial charge in [-0.05, 0) is 43.7 Å². The van der Waals surface area contributed by atoms with Gasteiger partial charge in [-0.2, -0.15) is 0 Å². The summed E-state index contributed by atoms with van der Waals surface area (Å²) in [4.78, 5) is 22.4. The third kappa shape index (κ3) is 4.42. The van der Waals surface area contributed by atoms with Gasteiger partial charge in [0, 0.05) is 12.1 Å². The van der Waals surface area contributed by atoms with Crippen molar-refractivity contribution in [3.63, 3.8) is 0 Å². The SMILES string of the molecule is CCOc1ccc(/C=C/C(=O)Nc2cccc([N+](=O)[O-])c2C)cc1. The third-order valence-electron chi connectivity index (χ3n) is 3.38. The molecular formula is C18H18N2O4. The molecule has 0 aromatic heterocycles. The Kier molecular flexibility index (Phi) is 5.68. The van der Waals surface area contributed by atoms with Gasteiger partial charge < -0.3 is 10.1 Å². The van der Waals surface area contributed by atoms with E-state index in [1.165, 1.54) is 18.2 Å². The second-order valence-corrected chi connectivity index (χ2v) is 5.03.